The van der Waals surface area contributed by atoms with Gasteiger partial charge in [-0.15, -0.1) is 0 Å². The lowest BCUT2D eigenvalue weighted by Crippen LogP contribution is -2.48. The Morgan fingerprint density at radius 3 is 1.05 bits per heavy atom. The van der Waals surface area contributed by atoms with E-state index in [2.05, 4.69) is 187 Å². The van der Waals surface area contributed by atoms with Crippen LogP contribution in [-0.4, -0.2) is 0 Å². The first kappa shape index (κ1) is 36.3. The molecule has 2 nitrogen and oxygen atoms in total. The van der Waals surface area contributed by atoms with Crippen molar-refractivity contribution in [2.24, 2.45) is 29.6 Å². The lowest BCUT2D eigenvalue weighted by molar-refractivity contribution is -0.00518. The fraction of sp³-hybridized carbons (Fsp3) is 0.345. The zero-order valence-corrected chi connectivity index (χ0v) is 33.9. The largest absolute Gasteiger partial charge is 0.311 e. The molecule has 5 saturated carbocycles. The van der Waals surface area contributed by atoms with Crippen molar-refractivity contribution in [2.75, 3.05) is 9.80 Å². The predicted molar refractivity (Wildman–Crippen MR) is 240 cm³/mol. The Balaban J connectivity index is 0.985. The van der Waals surface area contributed by atoms with Crippen LogP contribution in [0.15, 0.2) is 164 Å². The van der Waals surface area contributed by atoms with Gasteiger partial charge in [0, 0.05) is 39.5 Å². The zero-order chi connectivity index (χ0) is 38.4. The SMILES string of the molecule is CC(C)C1CCC(c2ccc(N(c3ccccc3)c3ccccc3)cc2)(c2ccc(N(c3ccccc3)c3ccc(C45CC6CC(CC(C6)C4)C5)cc3)cc2)CC1. The molecule has 0 N–H and O–H groups in total. The number of para-hydroxylation sites is 3. The van der Waals surface area contributed by atoms with Crippen LogP contribution in [0.2, 0.25) is 0 Å². The number of nitrogens with zero attached hydrogens (tertiary/aromatic N) is 2. The van der Waals surface area contributed by atoms with E-state index < -0.39 is 0 Å². The van der Waals surface area contributed by atoms with Gasteiger partial charge in [0.05, 0.1) is 0 Å². The summed E-state index contributed by atoms with van der Waals surface area (Å²) in [5, 5.41) is 0. The summed E-state index contributed by atoms with van der Waals surface area (Å²) in [4.78, 5) is 4.83. The van der Waals surface area contributed by atoms with Crippen molar-refractivity contribution >= 4 is 34.1 Å². The molecule has 0 atom stereocenters. The van der Waals surface area contributed by atoms with E-state index in [1.54, 1.807) is 5.56 Å². The second-order valence-corrected chi connectivity index (χ2v) is 18.7. The van der Waals surface area contributed by atoms with Crippen LogP contribution in [0.1, 0.15) is 94.7 Å². The molecule has 5 aliphatic rings. The molecule has 5 fully saturated rings. The lowest BCUT2D eigenvalue weighted by Gasteiger charge is -2.57. The highest BCUT2D eigenvalue weighted by molar-refractivity contribution is 5.78. The van der Waals surface area contributed by atoms with Crippen LogP contribution in [0.5, 0.6) is 0 Å². The molecule has 6 aromatic rings. The molecule has 11 rings (SSSR count). The van der Waals surface area contributed by atoms with Gasteiger partial charge in [-0.25, -0.2) is 0 Å². The molecule has 2 heteroatoms. The first-order chi connectivity index (χ1) is 28.0. The van der Waals surface area contributed by atoms with Crippen molar-refractivity contribution in [1.82, 2.24) is 0 Å². The Morgan fingerprint density at radius 1 is 0.404 bits per heavy atom. The van der Waals surface area contributed by atoms with E-state index in [0.29, 0.717) is 11.3 Å². The van der Waals surface area contributed by atoms with Gasteiger partial charge in [0.25, 0.3) is 0 Å². The molecule has 6 aromatic carbocycles. The molecular weight excluding hydrogens is 689 g/mol. The Morgan fingerprint density at radius 2 is 0.719 bits per heavy atom. The summed E-state index contributed by atoms with van der Waals surface area (Å²) in [6.45, 7) is 4.83. The number of anilines is 6. The van der Waals surface area contributed by atoms with E-state index in [-0.39, 0.29) is 5.41 Å². The van der Waals surface area contributed by atoms with Crippen LogP contribution < -0.4 is 9.80 Å². The third kappa shape index (κ3) is 6.79. The van der Waals surface area contributed by atoms with Crippen LogP contribution in [0.25, 0.3) is 0 Å². The quantitative estimate of drug-likeness (QED) is 0.138. The van der Waals surface area contributed by atoms with Crippen molar-refractivity contribution < 1.29 is 0 Å². The Bertz CT molecular complexity index is 2160. The van der Waals surface area contributed by atoms with Crippen LogP contribution >= 0.6 is 0 Å². The average Bonchev–Trinajstić information content (AvgIpc) is 3.25. The van der Waals surface area contributed by atoms with Crippen molar-refractivity contribution in [3.63, 3.8) is 0 Å². The zero-order valence-electron chi connectivity index (χ0n) is 33.9. The van der Waals surface area contributed by atoms with Crippen LogP contribution in [0.3, 0.4) is 0 Å². The third-order valence-corrected chi connectivity index (χ3v) is 15.0. The third-order valence-electron chi connectivity index (χ3n) is 15.0. The molecule has 0 unspecified atom stereocenters. The Hall–Kier alpha value is -5.08. The van der Waals surface area contributed by atoms with E-state index in [1.165, 1.54) is 109 Å². The number of rotatable bonds is 10. The number of benzene rings is 6. The van der Waals surface area contributed by atoms with E-state index in [4.69, 9.17) is 0 Å². The summed E-state index contributed by atoms with van der Waals surface area (Å²) in [7, 11) is 0. The minimum atomic E-state index is -0.0239. The normalized spacial score (nSPS) is 26.4. The van der Waals surface area contributed by atoms with Gasteiger partial charge >= 0.3 is 0 Å². The molecule has 4 bridgehead atoms. The fourth-order valence-electron chi connectivity index (χ4n) is 12.5. The van der Waals surface area contributed by atoms with Crippen LogP contribution in [0.4, 0.5) is 34.1 Å². The van der Waals surface area contributed by atoms with Crippen molar-refractivity contribution in [3.8, 4) is 0 Å². The summed E-state index contributed by atoms with van der Waals surface area (Å²) in [5.41, 5.74) is 12.0. The van der Waals surface area contributed by atoms with Gasteiger partial charge in [0.15, 0.2) is 0 Å². The van der Waals surface area contributed by atoms with E-state index in [9.17, 15) is 0 Å². The summed E-state index contributed by atoms with van der Waals surface area (Å²) >= 11 is 0. The number of hydrogen-bond donors (Lipinski definition) is 0. The second kappa shape index (κ2) is 15.0. The Kier molecular flexibility index (Phi) is 9.56. The van der Waals surface area contributed by atoms with Gasteiger partial charge in [0.1, 0.15) is 0 Å². The van der Waals surface area contributed by atoms with E-state index >= 15 is 0 Å². The molecular formula is C55H58N2. The molecule has 0 aromatic heterocycles. The maximum atomic E-state index is 2.50. The summed E-state index contributed by atoms with van der Waals surface area (Å²) < 4.78 is 0. The first-order valence-corrected chi connectivity index (χ1v) is 22.0. The maximum Gasteiger partial charge on any atom is 0.0461 e. The first-order valence-electron chi connectivity index (χ1n) is 22.0. The van der Waals surface area contributed by atoms with Crippen molar-refractivity contribution in [3.05, 3.63) is 180 Å². The molecule has 0 saturated heterocycles. The van der Waals surface area contributed by atoms with Crippen LogP contribution in [0, 0.1) is 29.6 Å². The highest BCUT2D eigenvalue weighted by Crippen LogP contribution is 2.61. The highest BCUT2D eigenvalue weighted by Gasteiger charge is 2.51. The minimum absolute atomic E-state index is 0.0239. The molecule has 0 radical (unpaired) electrons. The maximum absolute atomic E-state index is 2.50. The van der Waals surface area contributed by atoms with Crippen molar-refractivity contribution in [1.29, 1.82) is 0 Å². The van der Waals surface area contributed by atoms with Crippen molar-refractivity contribution in [2.45, 2.75) is 88.9 Å². The predicted octanol–water partition coefficient (Wildman–Crippen LogP) is 15.2. The highest BCUT2D eigenvalue weighted by atomic mass is 15.1. The van der Waals surface area contributed by atoms with Gasteiger partial charge < -0.3 is 9.80 Å². The molecule has 0 aliphatic heterocycles. The smallest absolute Gasteiger partial charge is 0.0461 e. The number of hydrogen-bond acceptors (Lipinski definition) is 2. The van der Waals surface area contributed by atoms with E-state index in [1.807, 2.05) is 0 Å². The van der Waals surface area contributed by atoms with Gasteiger partial charge in [-0.3, -0.25) is 0 Å². The fourth-order valence-corrected chi connectivity index (χ4v) is 12.5. The summed E-state index contributed by atoms with van der Waals surface area (Å²) in [6, 6.07) is 61.6. The lowest BCUT2D eigenvalue weighted by atomic mass is 9.48. The summed E-state index contributed by atoms with van der Waals surface area (Å²) in [6.07, 6.45) is 13.5. The van der Waals surface area contributed by atoms with Gasteiger partial charge in [-0.1, -0.05) is 105 Å². The molecule has 57 heavy (non-hydrogen) atoms. The van der Waals surface area contributed by atoms with Gasteiger partial charge in [-0.2, -0.15) is 0 Å². The van der Waals surface area contributed by atoms with Gasteiger partial charge in [-0.05, 0) is 189 Å². The monoisotopic (exact) mass is 746 g/mol. The summed E-state index contributed by atoms with van der Waals surface area (Å²) in [5.74, 6) is 4.35. The van der Waals surface area contributed by atoms with E-state index in [0.717, 1.165) is 23.7 Å². The molecule has 0 amide bonds. The molecule has 0 heterocycles. The molecule has 288 valence electrons. The van der Waals surface area contributed by atoms with Gasteiger partial charge in [0.2, 0.25) is 0 Å². The average molecular weight is 747 g/mol. The second-order valence-electron chi connectivity index (χ2n) is 18.7. The molecule has 5 aliphatic carbocycles. The minimum Gasteiger partial charge on any atom is -0.311 e. The molecule has 0 spiro atoms. The topological polar surface area (TPSA) is 6.48 Å². The Labute approximate surface area is 341 Å². The van der Waals surface area contributed by atoms with Crippen LogP contribution in [-0.2, 0) is 10.8 Å². The standard InChI is InChI=1S/C55H58N2/c1-40(2)44-30-32-55(33-31-44,46-20-26-52(27-21-46)56(48-12-6-3-7-13-48)49-14-8-4-9-15-49)47-22-28-53(29-23-47)57(50-16-10-5-11-17-50)51-24-18-45(19-25-51)54-37-41-34-42(38-54)36-43(35-41)39-54/h3-29,40-44H,30-39H2,1-2H3.